The molecule has 0 aliphatic carbocycles. The number of amides is 2. The summed E-state index contributed by atoms with van der Waals surface area (Å²) >= 11 is 1.50. The average Bonchev–Trinajstić information content (AvgIpc) is 3.49. The van der Waals surface area contributed by atoms with E-state index in [0.29, 0.717) is 16.9 Å². The van der Waals surface area contributed by atoms with Crippen LogP contribution >= 0.6 is 11.8 Å². The molecule has 1 heterocycles. The third-order valence-corrected chi connectivity index (χ3v) is 7.72. The Labute approximate surface area is 265 Å². The van der Waals surface area contributed by atoms with Crippen LogP contribution in [0.25, 0.3) is 5.69 Å². The van der Waals surface area contributed by atoms with Crippen LogP contribution in [0.5, 0.6) is 0 Å². The zero-order valence-electron chi connectivity index (χ0n) is 23.9. The quantitative estimate of drug-likeness (QED) is 0.0958. The number of benzene rings is 4. The number of hydrogen-bond donors (Lipinski definition) is 4. The highest BCUT2D eigenvalue weighted by molar-refractivity contribution is 7.98. The smallest absolute Gasteiger partial charge is 0.416 e. The van der Waals surface area contributed by atoms with Gasteiger partial charge in [-0.2, -0.15) is 18.3 Å². The second-order valence-electron chi connectivity index (χ2n) is 10.1. The number of aromatic nitrogens is 2. The molecule has 0 atom stereocenters. The molecule has 13 heteroatoms. The number of rotatable bonds is 10. The van der Waals surface area contributed by atoms with Crippen LogP contribution in [-0.4, -0.2) is 32.7 Å². The van der Waals surface area contributed by atoms with Crippen molar-refractivity contribution in [1.82, 2.24) is 9.78 Å². The molecule has 46 heavy (non-hydrogen) atoms. The maximum Gasteiger partial charge on any atom is 0.416 e. The molecule has 0 saturated carbocycles. The molecule has 234 valence electrons. The summed E-state index contributed by atoms with van der Waals surface area (Å²) in [5.74, 6) is -1.43. The Balaban J connectivity index is 1.27. The van der Waals surface area contributed by atoms with E-state index in [4.69, 9.17) is 10.8 Å². The van der Waals surface area contributed by atoms with Gasteiger partial charge >= 0.3 is 12.1 Å². The second kappa shape index (κ2) is 13.6. The normalized spacial score (nSPS) is 11.2. The van der Waals surface area contributed by atoms with Gasteiger partial charge in [0.05, 0.1) is 28.9 Å². The molecular formula is C33H26F3N5O4S. The lowest BCUT2D eigenvalue weighted by molar-refractivity contribution is -0.138. The Morgan fingerprint density at radius 1 is 0.848 bits per heavy atom. The Hall–Kier alpha value is -5.56. The van der Waals surface area contributed by atoms with Crippen LogP contribution in [0.3, 0.4) is 0 Å². The minimum Gasteiger partial charge on any atom is -0.481 e. The van der Waals surface area contributed by atoms with Crippen LogP contribution in [0.1, 0.15) is 37.4 Å². The molecule has 5 N–H and O–H groups in total. The van der Waals surface area contributed by atoms with Crippen molar-refractivity contribution in [3.05, 3.63) is 131 Å². The summed E-state index contributed by atoms with van der Waals surface area (Å²) in [6.45, 7) is 0. The molecule has 0 saturated heterocycles. The number of anilines is 3. The second-order valence-corrected chi connectivity index (χ2v) is 11.2. The number of thioether (sulfide) groups is 1. The van der Waals surface area contributed by atoms with E-state index in [9.17, 15) is 27.6 Å². The highest BCUT2D eigenvalue weighted by Gasteiger charge is 2.30. The molecule has 0 fully saturated rings. The number of carboxylic acids is 1. The summed E-state index contributed by atoms with van der Waals surface area (Å²) in [7, 11) is 0. The van der Waals surface area contributed by atoms with E-state index < -0.39 is 29.5 Å². The van der Waals surface area contributed by atoms with E-state index in [1.165, 1.54) is 59.0 Å². The molecule has 5 aromatic rings. The number of nitrogens with zero attached hydrogens (tertiary/aromatic N) is 2. The van der Waals surface area contributed by atoms with Gasteiger partial charge in [-0.25, -0.2) is 4.68 Å². The highest BCUT2D eigenvalue weighted by Crippen LogP contribution is 2.30. The number of alkyl halides is 3. The van der Waals surface area contributed by atoms with Gasteiger partial charge in [-0.05, 0) is 71.8 Å². The first-order chi connectivity index (χ1) is 21.9. The maximum atomic E-state index is 13.2. The zero-order chi connectivity index (χ0) is 32.8. The fraction of sp³-hybridized carbons (Fsp3) is 0.0909. The molecule has 0 bridgehead atoms. The lowest BCUT2D eigenvalue weighted by Gasteiger charge is -2.12. The number of nitrogens with one attached hydrogen (secondary N) is 2. The van der Waals surface area contributed by atoms with E-state index in [2.05, 4.69) is 15.7 Å². The summed E-state index contributed by atoms with van der Waals surface area (Å²) < 4.78 is 40.6. The van der Waals surface area contributed by atoms with Crippen molar-refractivity contribution >= 4 is 46.7 Å². The summed E-state index contributed by atoms with van der Waals surface area (Å²) in [5, 5.41) is 18.6. The number of halogens is 3. The molecule has 0 aliphatic rings. The van der Waals surface area contributed by atoms with Crippen LogP contribution in [-0.2, 0) is 23.1 Å². The molecule has 0 unspecified atom stereocenters. The molecular weight excluding hydrogens is 619 g/mol. The third kappa shape index (κ3) is 8.12. The SMILES string of the molecule is Nc1ccc(NC(=O)c2cccc(CSc3cccc(CC(=O)O)c3)c2)c(C(=O)Nc2ccn(-c3cccc(C(F)(F)F)c3)n2)c1. The Kier molecular flexibility index (Phi) is 9.42. The van der Waals surface area contributed by atoms with Crippen LogP contribution in [0.2, 0.25) is 0 Å². The molecule has 0 radical (unpaired) electrons. The largest absolute Gasteiger partial charge is 0.481 e. The van der Waals surface area contributed by atoms with E-state index in [-0.39, 0.29) is 34.9 Å². The summed E-state index contributed by atoms with van der Waals surface area (Å²) in [6.07, 6.45) is -3.19. The number of nitrogen functional groups attached to an aromatic ring is 1. The molecule has 0 spiro atoms. The van der Waals surface area contributed by atoms with E-state index in [1.807, 2.05) is 18.2 Å². The van der Waals surface area contributed by atoms with Crippen molar-refractivity contribution in [2.75, 3.05) is 16.4 Å². The minimum atomic E-state index is -4.52. The molecule has 9 nitrogen and oxygen atoms in total. The predicted molar refractivity (Wildman–Crippen MR) is 169 cm³/mol. The van der Waals surface area contributed by atoms with E-state index >= 15 is 0 Å². The van der Waals surface area contributed by atoms with Crippen LogP contribution in [0.4, 0.5) is 30.4 Å². The molecule has 2 amide bonds. The van der Waals surface area contributed by atoms with Gasteiger partial charge in [-0.15, -0.1) is 11.8 Å². The van der Waals surface area contributed by atoms with E-state index in [0.717, 1.165) is 22.6 Å². The lowest BCUT2D eigenvalue weighted by atomic mass is 10.1. The number of nitrogens with two attached hydrogens (primary N) is 1. The Morgan fingerprint density at radius 3 is 2.39 bits per heavy atom. The number of aliphatic carboxylic acids is 1. The van der Waals surface area contributed by atoms with E-state index in [1.54, 1.807) is 30.3 Å². The van der Waals surface area contributed by atoms with Crippen molar-refractivity contribution in [2.24, 2.45) is 0 Å². The van der Waals surface area contributed by atoms with Crippen molar-refractivity contribution in [3.8, 4) is 5.69 Å². The Morgan fingerprint density at radius 2 is 1.61 bits per heavy atom. The van der Waals surface area contributed by atoms with Crippen molar-refractivity contribution < 1.29 is 32.7 Å². The van der Waals surface area contributed by atoms with Crippen LogP contribution in [0, 0.1) is 0 Å². The Bertz CT molecular complexity index is 1930. The zero-order valence-corrected chi connectivity index (χ0v) is 24.7. The molecule has 5 rings (SSSR count). The number of carboxylic acid groups (broad SMARTS) is 1. The van der Waals surface area contributed by atoms with Gasteiger partial charge in [0.1, 0.15) is 0 Å². The minimum absolute atomic E-state index is 0.0509. The summed E-state index contributed by atoms with van der Waals surface area (Å²) in [6, 6.07) is 24.7. The van der Waals surface area contributed by atoms with Gasteiger partial charge in [-0.1, -0.05) is 30.3 Å². The lowest BCUT2D eigenvalue weighted by Crippen LogP contribution is -2.19. The monoisotopic (exact) mass is 645 g/mol. The predicted octanol–water partition coefficient (Wildman–Crippen LogP) is 6.90. The molecule has 1 aromatic heterocycles. The fourth-order valence-corrected chi connectivity index (χ4v) is 5.41. The summed E-state index contributed by atoms with van der Waals surface area (Å²) in [4.78, 5) is 38.4. The number of hydrogen-bond acceptors (Lipinski definition) is 6. The number of carbonyl (C=O) groups is 3. The van der Waals surface area contributed by atoms with Crippen molar-refractivity contribution in [1.29, 1.82) is 0 Å². The van der Waals surface area contributed by atoms with Crippen molar-refractivity contribution in [2.45, 2.75) is 23.2 Å². The number of carbonyl (C=O) groups excluding carboxylic acids is 2. The maximum absolute atomic E-state index is 13.2. The van der Waals surface area contributed by atoms with Gasteiger partial charge < -0.3 is 21.5 Å². The fourth-order valence-electron chi connectivity index (χ4n) is 4.48. The van der Waals surface area contributed by atoms with Gasteiger partial charge in [0, 0.05) is 34.2 Å². The van der Waals surface area contributed by atoms with Gasteiger partial charge in [0.2, 0.25) is 0 Å². The highest BCUT2D eigenvalue weighted by atomic mass is 32.2. The van der Waals surface area contributed by atoms with Crippen LogP contribution in [0.15, 0.2) is 108 Å². The first-order valence-electron chi connectivity index (χ1n) is 13.7. The van der Waals surface area contributed by atoms with Crippen LogP contribution < -0.4 is 16.4 Å². The molecule has 0 aliphatic heterocycles. The van der Waals surface area contributed by atoms with Gasteiger partial charge in [0.15, 0.2) is 5.82 Å². The third-order valence-electron chi connectivity index (χ3n) is 6.65. The average molecular weight is 646 g/mol. The van der Waals surface area contributed by atoms with Crippen molar-refractivity contribution in [3.63, 3.8) is 0 Å². The van der Waals surface area contributed by atoms with Gasteiger partial charge in [-0.3, -0.25) is 14.4 Å². The molecule has 4 aromatic carbocycles. The topological polar surface area (TPSA) is 139 Å². The standard InChI is InChI=1S/C33H26F3N5O4S/c34-33(35,36)23-7-3-8-25(17-23)41-13-12-29(40-41)39-32(45)27-18-24(37)10-11-28(27)38-31(44)22-6-1-5-21(14-22)19-46-26-9-2-4-20(15-26)16-30(42)43/h1-15,17-18H,16,19,37H2,(H,38,44)(H,42,43)(H,39,40,45). The first kappa shape index (κ1) is 31.9. The van der Waals surface area contributed by atoms with Gasteiger partial charge in [0.25, 0.3) is 11.8 Å². The summed E-state index contributed by atoms with van der Waals surface area (Å²) in [5.41, 5.74) is 7.64. The first-order valence-corrected chi connectivity index (χ1v) is 14.7.